The summed E-state index contributed by atoms with van der Waals surface area (Å²) in [6.45, 7) is 4.82. The zero-order valence-electron chi connectivity index (χ0n) is 17.6. The lowest BCUT2D eigenvalue weighted by Gasteiger charge is -2.26. The number of fused-ring (bicyclic) bond motifs is 3. The lowest BCUT2D eigenvalue weighted by Crippen LogP contribution is -2.41. The van der Waals surface area contributed by atoms with Crippen LogP contribution < -0.4 is 5.32 Å². The minimum atomic E-state index is -0.0583. The first-order valence-electron chi connectivity index (χ1n) is 10.5. The van der Waals surface area contributed by atoms with Gasteiger partial charge in [-0.05, 0) is 23.8 Å². The SMILES string of the molecule is Cn1ncc2cnc3c(cc(-c4cccc(C(=O)NCCN5CCOCC5)c4)n3SI)c21. The molecule has 4 heterocycles. The van der Waals surface area contributed by atoms with Crippen molar-refractivity contribution in [2.24, 2.45) is 7.05 Å². The minimum absolute atomic E-state index is 0.0583. The van der Waals surface area contributed by atoms with Crippen molar-refractivity contribution in [3.8, 4) is 11.3 Å². The van der Waals surface area contributed by atoms with Crippen molar-refractivity contribution in [3.63, 3.8) is 0 Å². The number of halogens is 1. The summed E-state index contributed by atoms with van der Waals surface area (Å²) < 4.78 is 9.35. The normalized spacial score (nSPS) is 14.9. The molecule has 0 spiro atoms. The average molecular weight is 562 g/mol. The first-order valence-corrected chi connectivity index (χ1v) is 13.8. The molecular formula is C22H23IN6O2S. The van der Waals surface area contributed by atoms with Crippen LogP contribution >= 0.6 is 30.3 Å². The van der Waals surface area contributed by atoms with Crippen LogP contribution in [0.1, 0.15) is 10.4 Å². The van der Waals surface area contributed by atoms with Crippen molar-refractivity contribution in [1.82, 2.24) is 29.0 Å². The van der Waals surface area contributed by atoms with Crippen LogP contribution in [0.5, 0.6) is 0 Å². The molecule has 3 aromatic heterocycles. The molecule has 0 bridgehead atoms. The number of ether oxygens (including phenoxy) is 1. The van der Waals surface area contributed by atoms with Crippen molar-refractivity contribution in [2.75, 3.05) is 39.4 Å². The van der Waals surface area contributed by atoms with Crippen molar-refractivity contribution in [1.29, 1.82) is 0 Å². The Morgan fingerprint density at radius 2 is 2.09 bits per heavy atom. The third-order valence-corrected chi connectivity index (χ3v) is 7.48. The Balaban J connectivity index is 1.41. The number of pyridine rings is 1. The van der Waals surface area contributed by atoms with E-state index in [2.05, 4.69) is 51.5 Å². The van der Waals surface area contributed by atoms with Gasteiger partial charge in [-0.2, -0.15) is 5.10 Å². The molecule has 10 heteroatoms. The highest BCUT2D eigenvalue weighted by atomic mass is 127. The number of hydrogen-bond donors (Lipinski definition) is 1. The molecule has 32 heavy (non-hydrogen) atoms. The number of benzene rings is 1. The molecule has 166 valence electrons. The molecule has 0 radical (unpaired) electrons. The van der Waals surface area contributed by atoms with Crippen LogP contribution in [-0.4, -0.2) is 68.9 Å². The van der Waals surface area contributed by atoms with Gasteiger partial charge in [-0.1, -0.05) is 12.1 Å². The lowest BCUT2D eigenvalue weighted by atomic mass is 10.1. The van der Waals surface area contributed by atoms with Gasteiger partial charge in [0.05, 0.1) is 30.6 Å². The number of aromatic nitrogens is 4. The van der Waals surface area contributed by atoms with Crippen LogP contribution in [-0.2, 0) is 11.8 Å². The van der Waals surface area contributed by atoms with Crippen molar-refractivity contribution < 1.29 is 9.53 Å². The highest BCUT2D eigenvalue weighted by Crippen LogP contribution is 2.36. The zero-order chi connectivity index (χ0) is 22.1. The molecule has 1 aromatic carbocycles. The van der Waals surface area contributed by atoms with Crippen molar-refractivity contribution in [2.45, 2.75) is 0 Å². The van der Waals surface area contributed by atoms with E-state index >= 15 is 0 Å². The molecule has 0 saturated carbocycles. The Morgan fingerprint density at radius 3 is 2.91 bits per heavy atom. The fourth-order valence-corrected chi connectivity index (χ4v) is 5.77. The topological polar surface area (TPSA) is 77.2 Å². The van der Waals surface area contributed by atoms with Crippen LogP contribution in [0.4, 0.5) is 0 Å². The molecule has 1 fully saturated rings. The highest BCUT2D eigenvalue weighted by molar-refractivity contribution is 14.2. The Bertz CT molecular complexity index is 1280. The minimum Gasteiger partial charge on any atom is -0.379 e. The van der Waals surface area contributed by atoms with Gasteiger partial charge in [-0.15, -0.1) is 0 Å². The molecule has 1 aliphatic rings. The summed E-state index contributed by atoms with van der Waals surface area (Å²) >= 11 is 2.27. The Hall–Kier alpha value is -2.15. The predicted octanol–water partition coefficient (Wildman–Crippen LogP) is 3.50. The van der Waals surface area contributed by atoms with E-state index in [0.717, 1.165) is 66.0 Å². The Morgan fingerprint density at radius 1 is 1.25 bits per heavy atom. The second-order valence-corrected chi connectivity index (χ2v) is 9.44. The summed E-state index contributed by atoms with van der Waals surface area (Å²) in [5.41, 5.74) is 4.57. The van der Waals surface area contributed by atoms with E-state index in [1.54, 1.807) is 9.12 Å². The highest BCUT2D eigenvalue weighted by Gasteiger charge is 2.17. The number of nitrogens with zero attached hydrogens (tertiary/aromatic N) is 5. The molecule has 1 aliphatic heterocycles. The van der Waals surface area contributed by atoms with Crippen LogP contribution in [0, 0.1) is 0 Å². The van der Waals surface area contributed by atoms with Crippen LogP contribution in [0.15, 0.2) is 42.7 Å². The molecule has 1 amide bonds. The number of nitrogens with one attached hydrogen (secondary N) is 1. The molecule has 5 rings (SSSR count). The third-order valence-electron chi connectivity index (χ3n) is 5.79. The van der Waals surface area contributed by atoms with Gasteiger partial charge >= 0.3 is 0 Å². The van der Waals surface area contributed by atoms with Gasteiger partial charge < -0.3 is 10.1 Å². The molecule has 4 aromatic rings. The van der Waals surface area contributed by atoms with Gasteiger partial charge in [-0.25, -0.2) is 4.98 Å². The fourth-order valence-electron chi connectivity index (χ4n) is 4.13. The van der Waals surface area contributed by atoms with Gasteiger partial charge in [-0.3, -0.25) is 18.3 Å². The van der Waals surface area contributed by atoms with Crippen molar-refractivity contribution >= 4 is 58.2 Å². The number of morpholine rings is 1. The van der Waals surface area contributed by atoms with E-state index in [1.165, 1.54) is 0 Å². The standard InChI is InChI=1S/C22H23IN6O2S/c1-27-20-17(14-26-27)13-25-21-18(20)12-19(29(21)32-23)15-3-2-4-16(11-15)22(30)24-5-6-28-7-9-31-10-8-28/h2-4,11-14H,5-10H2,1H3,(H,24,30). The quantitative estimate of drug-likeness (QED) is 0.363. The number of carbonyl (C=O) groups excluding carboxylic acids is 1. The monoisotopic (exact) mass is 562 g/mol. The third kappa shape index (κ3) is 4.12. The number of carbonyl (C=O) groups is 1. The first kappa shape index (κ1) is 21.7. The van der Waals surface area contributed by atoms with Gasteiger partial charge in [0.25, 0.3) is 5.91 Å². The molecule has 1 N–H and O–H groups in total. The number of aryl methyl sites for hydroxylation is 1. The average Bonchev–Trinajstić information content (AvgIpc) is 3.40. The fraction of sp³-hybridized carbons (Fsp3) is 0.318. The van der Waals surface area contributed by atoms with E-state index < -0.39 is 0 Å². The Labute approximate surface area is 202 Å². The van der Waals surface area contributed by atoms with E-state index in [-0.39, 0.29) is 5.91 Å². The van der Waals surface area contributed by atoms with Gasteiger partial charge in [0.2, 0.25) is 0 Å². The number of hydrogen-bond acceptors (Lipinski definition) is 6. The molecule has 0 aliphatic carbocycles. The summed E-state index contributed by atoms with van der Waals surface area (Å²) in [6.07, 6.45) is 3.69. The molecule has 0 atom stereocenters. The Kier molecular flexibility index (Phi) is 6.35. The summed E-state index contributed by atoms with van der Waals surface area (Å²) in [7, 11) is 3.51. The largest absolute Gasteiger partial charge is 0.379 e. The van der Waals surface area contributed by atoms with E-state index in [4.69, 9.17) is 4.74 Å². The number of amides is 1. The van der Waals surface area contributed by atoms with Gasteiger partial charge in [0.15, 0.2) is 5.65 Å². The second kappa shape index (κ2) is 9.38. The maximum atomic E-state index is 12.8. The van der Waals surface area contributed by atoms with E-state index in [1.807, 2.05) is 48.4 Å². The summed E-state index contributed by atoms with van der Waals surface area (Å²) in [4.78, 5) is 19.8. The summed E-state index contributed by atoms with van der Waals surface area (Å²) in [6, 6.07) is 9.90. The van der Waals surface area contributed by atoms with Crippen LogP contribution in [0.25, 0.3) is 33.2 Å². The molecule has 0 unspecified atom stereocenters. The van der Waals surface area contributed by atoms with Crippen LogP contribution in [0.3, 0.4) is 0 Å². The molecule has 8 nitrogen and oxygen atoms in total. The smallest absolute Gasteiger partial charge is 0.251 e. The first-order chi connectivity index (χ1) is 15.7. The maximum absolute atomic E-state index is 12.8. The summed E-state index contributed by atoms with van der Waals surface area (Å²) in [5.74, 6) is -0.0583. The summed E-state index contributed by atoms with van der Waals surface area (Å²) in [5, 5.41) is 9.48. The van der Waals surface area contributed by atoms with Crippen LogP contribution in [0.2, 0.25) is 0 Å². The van der Waals surface area contributed by atoms with E-state index in [0.29, 0.717) is 12.1 Å². The van der Waals surface area contributed by atoms with E-state index in [9.17, 15) is 4.79 Å². The second-order valence-electron chi connectivity index (χ2n) is 7.75. The predicted molar refractivity (Wildman–Crippen MR) is 136 cm³/mol. The maximum Gasteiger partial charge on any atom is 0.251 e. The number of rotatable bonds is 6. The van der Waals surface area contributed by atoms with Gasteiger partial charge in [0.1, 0.15) is 0 Å². The van der Waals surface area contributed by atoms with Gasteiger partial charge in [0, 0.05) is 86.1 Å². The lowest BCUT2D eigenvalue weighted by molar-refractivity contribution is 0.0383. The van der Waals surface area contributed by atoms with Crippen molar-refractivity contribution in [3.05, 3.63) is 48.3 Å². The molecular weight excluding hydrogens is 539 g/mol. The zero-order valence-corrected chi connectivity index (χ0v) is 20.6. The molecule has 1 saturated heterocycles.